The van der Waals surface area contributed by atoms with Gasteiger partial charge in [-0.15, -0.1) is 0 Å². The van der Waals surface area contributed by atoms with Crippen molar-refractivity contribution >= 4 is 23.5 Å². The lowest BCUT2D eigenvalue weighted by atomic mass is 10.1. The first-order valence-electron chi connectivity index (χ1n) is 12.6. The third-order valence-corrected chi connectivity index (χ3v) is 6.72. The normalized spacial score (nSPS) is 19.0. The lowest BCUT2D eigenvalue weighted by Gasteiger charge is -2.34. The first-order chi connectivity index (χ1) is 16.6. The first-order valence-corrected chi connectivity index (χ1v) is 12.6. The number of nitrogens with one attached hydrogen (secondary N) is 1. The van der Waals surface area contributed by atoms with Crippen LogP contribution in [0.4, 0.5) is 11.6 Å². The van der Waals surface area contributed by atoms with Crippen LogP contribution in [0.1, 0.15) is 38.2 Å². The van der Waals surface area contributed by atoms with E-state index in [1.807, 2.05) is 18.2 Å². The molecule has 2 amide bonds. The Bertz CT molecular complexity index is 928. The number of unbranched alkanes of at least 4 members (excludes halogenated alkanes) is 1. The van der Waals surface area contributed by atoms with Gasteiger partial charge in [-0.05, 0) is 49.6 Å². The van der Waals surface area contributed by atoms with E-state index in [1.165, 1.54) is 18.4 Å². The molecule has 3 heterocycles. The van der Waals surface area contributed by atoms with Crippen LogP contribution in [0.2, 0.25) is 0 Å². The summed E-state index contributed by atoms with van der Waals surface area (Å²) in [5, 5.41) is 3.05. The molecule has 182 valence electrons. The van der Waals surface area contributed by atoms with Gasteiger partial charge in [0.25, 0.3) is 0 Å². The van der Waals surface area contributed by atoms with Crippen LogP contribution in [0.25, 0.3) is 0 Å². The average Bonchev–Trinajstić information content (AvgIpc) is 3.28. The number of nitrogens with zero attached hydrogens (tertiary/aromatic N) is 5. The fraction of sp³-hybridized carbons (Fsp3) is 0.538. The summed E-state index contributed by atoms with van der Waals surface area (Å²) >= 11 is 0. The highest BCUT2D eigenvalue weighted by Crippen LogP contribution is 2.26. The van der Waals surface area contributed by atoms with Gasteiger partial charge < -0.3 is 15.1 Å². The summed E-state index contributed by atoms with van der Waals surface area (Å²) < 4.78 is 0. The van der Waals surface area contributed by atoms with Crippen LogP contribution in [0, 0.1) is 5.92 Å². The maximum Gasteiger partial charge on any atom is 0.227 e. The summed E-state index contributed by atoms with van der Waals surface area (Å²) in [6.07, 6.45) is 8.14. The van der Waals surface area contributed by atoms with Crippen LogP contribution in [0.3, 0.4) is 0 Å². The summed E-state index contributed by atoms with van der Waals surface area (Å²) in [5.74, 6) is 0.534. The van der Waals surface area contributed by atoms with Crippen LogP contribution >= 0.6 is 0 Å². The smallest absolute Gasteiger partial charge is 0.227 e. The van der Waals surface area contributed by atoms with Crippen LogP contribution in [0.15, 0.2) is 42.7 Å². The van der Waals surface area contributed by atoms with E-state index >= 15 is 0 Å². The molecule has 0 bridgehead atoms. The number of carbonyl (C=O) groups excluding carboxylic acids is 2. The highest BCUT2D eigenvalue weighted by Gasteiger charge is 2.35. The zero-order valence-corrected chi connectivity index (χ0v) is 20.2. The number of aryl methyl sites for hydroxylation is 1. The molecule has 2 saturated heterocycles. The third-order valence-electron chi connectivity index (χ3n) is 6.72. The van der Waals surface area contributed by atoms with Gasteiger partial charge in [-0.3, -0.25) is 14.5 Å². The molecule has 2 aliphatic rings. The minimum absolute atomic E-state index is 0.0125. The van der Waals surface area contributed by atoms with Crippen LogP contribution in [-0.4, -0.2) is 72.5 Å². The fourth-order valence-corrected chi connectivity index (χ4v) is 4.64. The maximum absolute atomic E-state index is 12.7. The Labute approximate surface area is 202 Å². The van der Waals surface area contributed by atoms with Crippen molar-refractivity contribution in [2.24, 2.45) is 5.92 Å². The van der Waals surface area contributed by atoms with Crippen molar-refractivity contribution in [2.45, 2.75) is 39.0 Å². The quantitative estimate of drug-likeness (QED) is 0.544. The van der Waals surface area contributed by atoms with E-state index in [1.54, 1.807) is 17.3 Å². The van der Waals surface area contributed by atoms with Crippen LogP contribution in [-0.2, 0) is 16.0 Å². The van der Waals surface area contributed by atoms with Gasteiger partial charge in [0.1, 0.15) is 0 Å². The van der Waals surface area contributed by atoms with E-state index in [0.29, 0.717) is 13.1 Å². The Balaban J connectivity index is 1.15. The number of hydrogen-bond donors (Lipinski definition) is 1. The third kappa shape index (κ3) is 6.32. The van der Waals surface area contributed by atoms with Gasteiger partial charge in [-0.25, -0.2) is 9.97 Å². The molecular formula is C26H36N6O2. The Morgan fingerprint density at radius 3 is 2.50 bits per heavy atom. The standard InChI is InChI=1S/C26H36N6O2/c1-2-3-6-21-7-9-23(10-8-21)32-20-22(19-24(32)33)25(34)27-13-5-14-30-15-17-31(18-16-30)26-28-11-4-12-29-26/h4,7-12,22H,2-3,5-6,13-20H2,1H3,(H,27,34). The molecule has 1 aromatic carbocycles. The second-order valence-electron chi connectivity index (χ2n) is 9.20. The Morgan fingerprint density at radius 1 is 1.06 bits per heavy atom. The van der Waals surface area contributed by atoms with Gasteiger partial charge in [0.05, 0.1) is 5.92 Å². The molecule has 0 aliphatic carbocycles. The second-order valence-corrected chi connectivity index (χ2v) is 9.20. The number of amides is 2. The lowest BCUT2D eigenvalue weighted by Crippen LogP contribution is -2.47. The number of anilines is 2. The number of aromatic nitrogens is 2. The number of hydrogen-bond acceptors (Lipinski definition) is 6. The van der Waals surface area contributed by atoms with Crippen molar-refractivity contribution in [3.8, 4) is 0 Å². The first kappa shape index (κ1) is 24.1. The number of carbonyl (C=O) groups is 2. The monoisotopic (exact) mass is 464 g/mol. The molecule has 8 heteroatoms. The zero-order valence-electron chi connectivity index (χ0n) is 20.2. The Hall–Kier alpha value is -3.00. The highest BCUT2D eigenvalue weighted by molar-refractivity contribution is 6.00. The molecule has 0 radical (unpaired) electrons. The van der Waals surface area contributed by atoms with Crippen molar-refractivity contribution in [2.75, 3.05) is 55.6 Å². The van der Waals surface area contributed by atoms with Crippen molar-refractivity contribution in [3.05, 3.63) is 48.3 Å². The van der Waals surface area contributed by atoms with E-state index in [4.69, 9.17) is 0 Å². The number of rotatable bonds is 10. The van der Waals surface area contributed by atoms with Gasteiger partial charge in [-0.2, -0.15) is 0 Å². The predicted octanol–water partition coefficient (Wildman–Crippen LogP) is 2.50. The molecule has 2 aromatic rings. The van der Waals surface area contributed by atoms with E-state index < -0.39 is 0 Å². The van der Waals surface area contributed by atoms with Crippen LogP contribution in [0.5, 0.6) is 0 Å². The van der Waals surface area contributed by atoms with Crippen molar-refractivity contribution in [1.82, 2.24) is 20.2 Å². The summed E-state index contributed by atoms with van der Waals surface area (Å²) in [6.45, 7) is 7.99. The highest BCUT2D eigenvalue weighted by atomic mass is 16.2. The zero-order chi connectivity index (χ0) is 23.8. The molecule has 34 heavy (non-hydrogen) atoms. The fourth-order valence-electron chi connectivity index (χ4n) is 4.64. The molecule has 4 rings (SSSR count). The van der Waals surface area contributed by atoms with Gasteiger partial charge in [0.2, 0.25) is 17.8 Å². The SMILES string of the molecule is CCCCc1ccc(N2CC(C(=O)NCCCN3CCN(c4ncccn4)CC3)CC2=O)cc1. The Morgan fingerprint density at radius 2 is 1.79 bits per heavy atom. The van der Waals surface area contributed by atoms with Crippen molar-refractivity contribution < 1.29 is 9.59 Å². The average molecular weight is 465 g/mol. The topological polar surface area (TPSA) is 81.7 Å². The molecule has 2 aliphatic heterocycles. The largest absolute Gasteiger partial charge is 0.356 e. The van der Waals surface area contributed by atoms with Crippen molar-refractivity contribution in [1.29, 1.82) is 0 Å². The van der Waals surface area contributed by atoms with E-state index in [-0.39, 0.29) is 24.2 Å². The van der Waals surface area contributed by atoms with E-state index in [0.717, 1.165) is 57.2 Å². The Kier molecular flexibility index (Phi) is 8.46. The molecule has 8 nitrogen and oxygen atoms in total. The molecule has 1 aromatic heterocycles. The minimum atomic E-state index is -0.276. The number of benzene rings is 1. The van der Waals surface area contributed by atoms with Crippen LogP contribution < -0.4 is 15.1 Å². The molecule has 2 fully saturated rings. The molecule has 0 spiro atoms. The summed E-state index contributed by atoms with van der Waals surface area (Å²) in [5.41, 5.74) is 2.18. The van der Waals surface area contributed by atoms with E-state index in [2.05, 4.69) is 44.1 Å². The molecule has 1 N–H and O–H groups in total. The number of piperazine rings is 1. The maximum atomic E-state index is 12.7. The summed E-state index contributed by atoms with van der Waals surface area (Å²) in [6, 6.07) is 10.0. The summed E-state index contributed by atoms with van der Waals surface area (Å²) in [7, 11) is 0. The molecule has 0 saturated carbocycles. The molecule has 1 atom stereocenters. The molecular weight excluding hydrogens is 428 g/mol. The lowest BCUT2D eigenvalue weighted by molar-refractivity contribution is -0.126. The van der Waals surface area contributed by atoms with Gasteiger partial charge in [0, 0.05) is 63.8 Å². The van der Waals surface area contributed by atoms with Crippen molar-refractivity contribution in [3.63, 3.8) is 0 Å². The van der Waals surface area contributed by atoms with Gasteiger partial charge >= 0.3 is 0 Å². The molecule has 1 unspecified atom stereocenters. The summed E-state index contributed by atoms with van der Waals surface area (Å²) in [4.78, 5) is 40.2. The predicted molar refractivity (Wildman–Crippen MR) is 134 cm³/mol. The van der Waals surface area contributed by atoms with E-state index in [9.17, 15) is 9.59 Å². The second kappa shape index (κ2) is 11.9. The van der Waals surface area contributed by atoms with Gasteiger partial charge in [-0.1, -0.05) is 25.5 Å². The minimum Gasteiger partial charge on any atom is -0.356 e. The van der Waals surface area contributed by atoms with Gasteiger partial charge in [0.15, 0.2) is 0 Å².